The number of aromatic nitrogens is 2. The van der Waals surface area contributed by atoms with Gasteiger partial charge in [-0.15, -0.1) is 0 Å². The Balaban J connectivity index is 2.20. The van der Waals surface area contributed by atoms with E-state index in [-0.39, 0.29) is 5.97 Å². The normalized spacial score (nSPS) is 13.9. The molecule has 0 amide bonds. The lowest BCUT2D eigenvalue weighted by Gasteiger charge is -2.08. The quantitative estimate of drug-likeness (QED) is 0.761. The van der Waals surface area contributed by atoms with Crippen molar-refractivity contribution in [2.24, 2.45) is 0 Å². The predicted octanol–water partition coefficient (Wildman–Crippen LogP) is 2.31. The summed E-state index contributed by atoms with van der Waals surface area (Å²) in [5, 5.41) is 0. The second kappa shape index (κ2) is 4.12. The van der Waals surface area contributed by atoms with Crippen LogP contribution in [-0.2, 0) is 17.6 Å². The average Bonchev–Trinajstić information content (AvgIpc) is 2.94. The van der Waals surface area contributed by atoms with Gasteiger partial charge in [0, 0.05) is 17.6 Å². The lowest BCUT2D eigenvalue weighted by molar-refractivity contribution is 0.0528. The minimum absolute atomic E-state index is 0.287. The van der Waals surface area contributed by atoms with Crippen molar-refractivity contribution >= 4 is 11.6 Å². The van der Waals surface area contributed by atoms with Crippen LogP contribution in [0.1, 0.15) is 40.7 Å². The van der Waals surface area contributed by atoms with Crippen LogP contribution >= 0.6 is 0 Å². The number of hydrogen-bond donors (Lipinski definition) is 0. The van der Waals surface area contributed by atoms with Crippen LogP contribution in [0.5, 0.6) is 0 Å². The van der Waals surface area contributed by atoms with Crippen LogP contribution in [0, 0.1) is 6.92 Å². The summed E-state index contributed by atoms with van der Waals surface area (Å²) >= 11 is 0. The fourth-order valence-corrected chi connectivity index (χ4v) is 2.73. The molecule has 18 heavy (non-hydrogen) atoms. The summed E-state index contributed by atoms with van der Waals surface area (Å²) in [6, 6.07) is 1.80. The van der Waals surface area contributed by atoms with Crippen molar-refractivity contribution in [3.05, 3.63) is 34.8 Å². The SMILES string of the molecule is CCOC(=O)c1ccn2c3c(c(C)nc12)CCC3. The van der Waals surface area contributed by atoms with Crippen molar-refractivity contribution in [2.45, 2.75) is 33.1 Å². The molecule has 0 bridgehead atoms. The zero-order chi connectivity index (χ0) is 12.7. The van der Waals surface area contributed by atoms with Gasteiger partial charge in [-0.2, -0.15) is 0 Å². The Hall–Kier alpha value is -1.84. The molecule has 0 atom stereocenters. The van der Waals surface area contributed by atoms with Crippen LogP contribution in [0.25, 0.3) is 5.65 Å². The van der Waals surface area contributed by atoms with E-state index in [0.29, 0.717) is 12.2 Å². The zero-order valence-corrected chi connectivity index (χ0v) is 10.7. The van der Waals surface area contributed by atoms with E-state index in [1.54, 1.807) is 6.07 Å². The topological polar surface area (TPSA) is 43.6 Å². The van der Waals surface area contributed by atoms with Crippen molar-refractivity contribution in [3.63, 3.8) is 0 Å². The van der Waals surface area contributed by atoms with Gasteiger partial charge < -0.3 is 9.14 Å². The predicted molar refractivity (Wildman–Crippen MR) is 67.9 cm³/mol. The van der Waals surface area contributed by atoms with Gasteiger partial charge in [-0.05, 0) is 44.7 Å². The molecule has 0 aromatic carbocycles. The standard InChI is InChI=1S/C14H16N2O2/c1-3-18-14(17)11-7-8-16-12-6-4-5-10(12)9(2)15-13(11)16/h7-8H,3-6H2,1-2H3. The molecular weight excluding hydrogens is 228 g/mol. The van der Waals surface area contributed by atoms with Crippen LogP contribution in [0.4, 0.5) is 0 Å². The molecule has 1 aliphatic carbocycles. The van der Waals surface area contributed by atoms with Crippen LogP contribution < -0.4 is 0 Å². The Morgan fingerprint density at radius 3 is 3.11 bits per heavy atom. The molecule has 3 rings (SSSR count). The largest absolute Gasteiger partial charge is 0.462 e. The third-order valence-electron chi connectivity index (χ3n) is 3.54. The highest BCUT2D eigenvalue weighted by Gasteiger charge is 2.21. The van der Waals surface area contributed by atoms with Gasteiger partial charge in [0.05, 0.1) is 6.61 Å². The first-order valence-corrected chi connectivity index (χ1v) is 6.39. The summed E-state index contributed by atoms with van der Waals surface area (Å²) in [7, 11) is 0. The van der Waals surface area contributed by atoms with Crippen molar-refractivity contribution in [3.8, 4) is 0 Å². The van der Waals surface area contributed by atoms with Crippen LogP contribution in [0.15, 0.2) is 12.3 Å². The minimum atomic E-state index is -0.287. The van der Waals surface area contributed by atoms with E-state index in [4.69, 9.17) is 4.74 Å². The zero-order valence-electron chi connectivity index (χ0n) is 10.7. The van der Waals surface area contributed by atoms with Gasteiger partial charge in [-0.1, -0.05) is 0 Å². The molecule has 4 nitrogen and oxygen atoms in total. The molecule has 1 aliphatic rings. The fourth-order valence-electron chi connectivity index (χ4n) is 2.73. The van der Waals surface area contributed by atoms with Crippen LogP contribution in [0.3, 0.4) is 0 Å². The Morgan fingerprint density at radius 2 is 2.33 bits per heavy atom. The molecular formula is C14H16N2O2. The molecule has 4 heteroatoms. The number of carbonyl (C=O) groups excluding carboxylic acids is 1. The van der Waals surface area contributed by atoms with E-state index in [2.05, 4.69) is 4.98 Å². The van der Waals surface area contributed by atoms with Gasteiger partial charge in [0.2, 0.25) is 0 Å². The van der Waals surface area contributed by atoms with Crippen molar-refractivity contribution in [1.82, 2.24) is 9.38 Å². The maximum Gasteiger partial charge on any atom is 0.341 e. The number of rotatable bonds is 2. The Bertz CT molecular complexity index is 628. The van der Waals surface area contributed by atoms with Crippen molar-refractivity contribution in [2.75, 3.05) is 6.61 Å². The fraction of sp³-hybridized carbons (Fsp3) is 0.429. The molecule has 0 aliphatic heterocycles. The molecule has 0 spiro atoms. The molecule has 0 radical (unpaired) electrons. The van der Waals surface area contributed by atoms with E-state index in [0.717, 1.165) is 24.2 Å². The van der Waals surface area contributed by atoms with E-state index in [1.807, 2.05) is 24.4 Å². The first-order valence-electron chi connectivity index (χ1n) is 6.39. The third kappa shape index (κ3) is 1.52. The van der Waals surface area contributed by atoms with Gasteiger partial charge in [0.1, 0.15) is 5.56 Å². The molecule has 0 N–H and O–H groups in total. The summed E-state index contributed by atoms with van der Waals surface area (Å²) < 4.78 is 7.10. The monoisotopic (exact) mass is 244 g/mol. The summed E-state index contributed by atoms with van der Waals surface area (Å²) in [6.45, 7) is 4.22. The van der Waals surface area contributed by atoms with E-state index < -0.39 is 0 Å². The van der Waals surface area contributed by atoms with Gasteiger partial charge in [-0.25, -0.2) is 9.78 Å². The van der Waals surface area contributed by atoms with Gasteiger partial charge in [0.15, 0.2) is 5.65 Å². The molecule has 94 valence electrons. The third-order valence-corrected chi connectivity index (χ3v) is 3.54. The highest BCUT2D eigenvalue weighted by molar-refractivity contribution is 5.96. The smallest absolute Gasteiger partial charge is 0.341 e. The maximum absolute atomic E-state index is 11.9. The first-order chi connectivity index (χ1) is 8.72. The molecule has 0 saturated heterocycles. The van der Waals surface area contributed by atoms with Crippen LogP contribution in [0.2, 0.25) is 0 Å². The lowest BCUT2D eigenvalue weighted by Crippen LogP contribution is -2.07. The van der Waals surface area contributed by atoms with Crippen molar-refractivity contribution in [1.29, 1.82) is 0 Å². The lowest BCUT2D eigenvalue weighted by atomic mass is 10.2. The van der Waals surface area contributed by atoms with Crippen molar-refractivity contribution < 1.29 is 9.53 Å². The molecule has 2 heterocycles. The number of hydrogen-bond acceptors (Lipinski definition) is 3. The number of aryl methyl sites for hydroxylation is 2. The highest BCUT2D eigenvalue weighted by atomic mass is 16.5. The molecule has 2 aromatic rings. The van der Waals surface area contributed by atoms with Gasteiger partial charge in [-0.3, -0.25) is 0 Å². The second-order valence-corrected chi connectivity index (χ2v) is 4.62. The van der Waals surface area contributed by atoms with E-state index in [1.165, 1.54) is 17.7 Å². The Kier molecular flexibility index (Phi) is 2.58. The summed E-state index contributed by atoms with van der Waals surface area (Å²) in [5.74, 6) is -0.287. The minimum Gasteiger partial charge on any atom is -0.462 e. The summed E-state index contributed by atoms with van der Waals surface area (Å²) in [5.41, 5.74) is 4.97. The molecule has 0 saturated carbocycles. The first kappa shape index (κ1) is 11.3. The van der Waals surface area contributed by atoms with E-state index in [9.17, 15) is 4.79 Å². The molecule has 0 unspecified atom stereocenters. The summed E-state index contributed by atoms with van der Waals surface area (Å²) in [4.78, 5) is 16.4. The van der Waals surface area contributed by atoms with Gasteiger partial charge in [0.25, 0.3) is 0 Å². The second-order valence-electron chi connectivity index (χ2n) is 4.62. The number of fused-ring (bicyclic) bond motifs is 3. The number of ether oxygens (including phenoxy) is 1. The Labute approximate surface area is 106 Å². The number of esters is 1. The molecule has 0 fully saturated rings. The van der Waals surface area contributed by atoms with Crippen LogP contribution in [-0.4, -0.2) is 22.0 Å². The highest BCUT2D eigenvalue weighted by Crippen LogP contribution is 2.26. The number of carbonyl (C=O) groups is 1. The maximum atomic E-state index is 11.9. The van der Waals surface area contributed by atoms with Gasteiger partial charge >= 0.3 is 5.97 Å². The Morgan fingerprint density at radius 1 is 1.50 bits per heavy atom. The summed E-state index contributed by atoms with van der Waals surface area (Å²) in [6.07, 6.45) is 5.26. The van der Waals surface area contributed by atoms with E-state index >= 15 is 0 Å². The number of nitrogens with zero attached hydrogens (tertiary/aromatic N) is 2. The average molecular weight is 244 g/mol. The molecule has 2 aromatic heterocycles.